The number of hydrogen-bond donors (Lipinski definition) is 1. The summed E-state index contributed by atoms with van der Waals surface area (Å²) in [6.45, 7) is 0.459. The van der Waals surface area contributed by atoms with E-state index >= 15 is 0 Å². The van der Waals surface area contributed by atoms with Crippen LogP contribution in [0, 0.1) is 11.3 Å². The molecule has 0 aliphatic heterocycles. The van der Waals surface area contributed by atoms with Gasteiger partial charge in [0.2, 0.25) is 0 Å². The normalized spacial score (nSPS) is 11.4. The summed E-state index contributed by atoms with van der Waals surface area (Å²) in [4.78, 5) is 0. The Hall–Kier alpha value is -2.51. The maximum Gasteiger partial charge on any atom is 0.119 e. The molecule has 0 fully saturated rings. The highest BCUT2D eigenvalue weighted by Crippen LogP contribution is 2.18. The van der Waals surface area contributed by atoms with Crippen LogP contribution in [0.2, 0.25) is 0 Å². The second kappa shape index (κ2) is 6.60. The van der Waals surface area contributed by atoms with Gasteiger partial charge >= 0.3 is 0 Å². The minimum absolute atomic E-state index is 0.459. The molecule has 0 saturated carbocycles. The molecule has 102 valence electrons. The fourth-order valence-corrected chi connectivity index (χ4v) is 1.77. The zero-order chi connectivity index (χ0) is 14.4. The molecule has 2 aromatic rings. The largest absolute Gasteiger partial charge is 0.497 e. The van der Waals surface area contributed by atoms with Crippen molar-refractivity contribution in [3.63, 3.8) is 0 Å². The third kappa shape index (κ3) is 3.50. The van der Waals surface area contributed by atoms with Crippen LogP contribution in [0.3, 0.4) is 0 Å². The van der Waals surface area contributed by atoms with Crippen LogP contribution in [-0.2, 0) is 6.61 Å². The smallest absolute Gasteiger partial charge is 0.119 e. The molecule has 0 heterocycles. The van der Waals surface area contributed by atoms with E-state index in [0.717, 1.165) is 22.6 Å². The van der Waals surface area contributed by atoms with E-state index in [0.29, 0.717) is 6.61 Å². The molecule has 2 N–H and O–H groups in total. The SMILES string of the molecule is COc1cccc(COc2ccc(C(N)C#N)cc2)c1. The summed E-state index contributed by atoms with van der Waals surface area (Å²) >= 11 is 0. The highest BCUT2D eigenvalue weighted by Gasteiger charge is 2.04. The molecule has 4 heteroatoms. The van der Waals surface area contributed by atoms with E-state index in [1.54, 1.807) is 19.2 Å². The number of methoxy groups -OCH3 is 1. The van der Waals surface area contributed by atoms with Gasteiger partial charge in [0.25, 0.3) is 0 Å². The van der Waals surface area contributed by atoms with Crippen molar-refractivity contribution in [2.75, 3.05) is 7.11 Å². The average Bonchev–Trinajstić information content (AvgIpc) is 2.53. The lowest BCUT2D eigenvalue weighted by molar-refractivity contribution is 0.305. The van der Waals surface area contributed by atoms with Gasteiger partial charge in [-0.1, -0.05) is 24.3 Å². The molecular weight excluding hydrogens is 252 g/mol. The Kier molecular flexibility index (Phi) is 4.59. The summed E-state index contributed by atoms with van der Waals surface area (Å²) in [5.74, 6) is 1.54. The Labute approximate surface area is 118 Å². The lowest BCUT2D eigenvalue weighted by Crippen LogP contribution is -2.06. The Morgan fingerprint density at radius 3 is 2.55 bits per heavy atom. The molecule has 0 aliphatic rings. The maximum atomic E-state index is 8.74. The molecular formula is C16H16N2O2. The number of benzene rings is 2. The zero-order valence-electron chi connectivity index (χ0n) is 11.2. The van der Waals surface area contributed by atoms with Crippen molar-refractivity contribution in [3.8, 4) is 17.6 Å². The summed E-state index contributed by atoms with van der Waals surface area (Å²) in [5, 5.41) is 8.74. The first kappa shape index (κ1) is 13.9. The van der Waals surface area contributed by atoms with Crippen molar-refractivity contribution in [3.05, 3.63) is 59.7 Å². The van der Waals surface area contributed by atoms with Crippen LogP contribution in [-0.4, -0.2) is 7.11 Å². The van der Waals surface area contributed by atoms with E-state index in [1.807, 2.05) is 42.5 Å². The van der Waals surface area contributed by atoms with Crippen molar-refractivity contribution < 1.29 is 9.47 Å². The van der Waals surface area contributed by atoms with Crippen LogP contribution < -0.4 is 15.2 Å². The van der Waals surface area contributed by atoms with Gasteiger partial charge in [0, 0.05) is 0 Å². The molecule has 0 aromatic heterocycles. The van der Waals surface area contributed by atoms with Crippen molar-refractivity contribution >= 4 is 0 Å². The lowest BCUT2D eigenvalue weighted by atomic mass is 10.1. The van der Waals surface area contributed by atoms with E-state index in [9.17, 15) is 0 Å². The number of ether oxygens (including phenoxy) is 2. The number of nitrogens with zero attached hydrogens (tertiary/aromatic N) is 1. The predicted molar refractivity (Wildman–Crippen MR) is 76.3 cm³/mol. The monoisotopic (exact) mass is 268 g/mol. The maximum absolute atomic E-state index is 8.74. The summed E-state index contributed by atoms with van der Waals surface area (Å²) < 4.78 is 10.8. The molecule has 20 heavy (non-hydrogen) atoms. The fourth-order valence-electron chi connectivity index (χ4n) is 1.77. The number of rotatable bonds is 5. The van der Waals surface area contributed by atoms with Crippen LogP contribution in [0.4, 0.5) is 0 Å². The number of hydrogen-bond acceptors (Lipinski definition) is 4. The van der Waals surface area contributed by atoms with Gasteiger partial charge in [0.1, 0.15) is 24.1 Å². The van der Waals surface area contributed by atoms with Gasteiger partial charge in [-0.15, -0.1) is 0 Å². The molecule has 0 bridgehead atoms. The molecule has 0 radical (unpaired) electrons. The quantitative estimate of drug-likeness (QED) is 0.905. The van der Waals surface area contributed by atoms with Gasteiger partial charge in [-0.2, -0.15) is 5.26 Å². The standard InChI is InChI=1S/C16H16N2O2/c1-19-15-4-2-3-12(9-15)11-20-14-7-5-13(6-8-14)16(18)10-17/h2-9,16H,11,18H2,1H3. The van der Waals surface area contributed by atoms with Crippen LogP contribution in [0.25, 0.3) is 0 Å². The molecule has 0 spiro atoms. The fraction of sp³-hybridized carbons (Fsp3) is 0.188. The first-order valence-electron chi connectivity index (χ1n) is 6.24. The van der Waals surface area contributed by atoms with E-state index in [-0.39, 0.29) is 0 Å². The van der Waals surface area contributed by atoms with Crippen molar-refractivity contribution in [1.29, 1.82) is 5.26 Å². The molecule has 1 atom stereocenters. The summed E-state index contributed by atoms with van der Waals surface area (Å²) in [5.41, 5.74) is 7.43. The first-order chi connectivity index (χ1) is 9.72. The summed E-state index contributed by atoms with van der Waals surface area (Å²) in [6.07, 6.45) is 0. The van der Waals surface area contributed by atoms with Crippen LogP contribution >= 0.6 is 0 Å². The van der Waals surface area contributed by atoms with Crippen LogP contribution in [0.5, 0.6) is 11.5 Å². The highest BCUT2D eigenvalue weighted by atomic mass is 16.5. The summed E-state index contributed by atoms with van der Waals surface area (Å²) in [7, 11) is 1.64. The molecule has 0 amide bonds. The van der Waals surface area contributed by atoms with E-state index in [2.05, 4.69) is 0 Å². The second-order valence-electron chi connectivity index (χ2n) is 4.32. The zero-order valence-corrected chi connectivity index (χ0v) is 11.2. The number of nitriles is 1. The molecule has 4 nitrogen and oxygen atoms in total. The van der Waals surface area contributed by atoms with Crippen LogP contribution in [0.15, 0.2) is 48.5 Å². The van der Waals surface area contributed by atoms with Crippen molar-refractivity contribution in [2.45, 2.75) is 12.6 Å². The Morgan fingerprint density at radius 2 is 1.90 bits per heavy atom. The molecule has 2 rings (SSSR count). The lowest BCUT2D eigenvalue weighted by Gasteiger charge is -2.09. The van der Waals surface area contributed by atoms with Gasteiger partial charge in [-0.05, 0) is 35.4 Å². The molecule has 0 saturated heterocycles. The summed E-state index contributed by atoms with van der Waals surface area (Å²) in [6, 6.07) is 16.3. The second-order valence-corrected chi connectivity index (χ2v) is 4.32. The minimum atomic E-state index is -0.595. The molecule has 1 unspecified atom stereocenters. The van der Waals surface area contributed by atoms with Gasteiger partial charge in [-0.25, -0.2) is 0 Å². The highest BCUT2D eigenvalue weighted by molar-refractivity contribution is 5.32. The van der Waals surface area contributed by atoms with Gasteiger partial charge in [0.05, 0.1) is 13.2 Å². The van der Waals surface area contributed by atoms with E-state index in [4.69, 9.17) is 20.5 Å². The van der Waals surface area contributed by atoms with Crippen molar-refractivity contribution in [1.82, 2.24) is 0 Å². The van der Waals surface area contributed by atoms with E-state index in [1.165, 1.54) is 0 Å². The average molecular weight is 268 g/mol. The Bertz CT molecular complexity index is 603. The topological polar surface area (TPSA) is 68.3 Å². The molecule has 0 aliphatic carbocycles. The molecule has 2 aromatic carbocycles. The van der Waals surface area contributed by atoms with Gasteiger partial charge < -0.3 is 15.2 Å². The van der Waals surface area contributed by atoms with Gasteiger partial charge in [-0.3, -0.25) is 0 Å². The Balaban J connectivity index is 1.98. The van der Waals surface area contributed by atoms with Crippen molar-refractivity contribution in [2.24, 2.45) is 5.73 Å². The van der Waals surface area contributed by atoms with Gasteiger partial charge in [0.15, 0.2) is 0 Å². The third-order valence-electron chi connectivity index (χ3n) is 2.92. The first-order valence-corrected chi connectivity index (χ1v) is 6.24. The predicted octanol–water partition coefficient (Wildman–Crippen LogP) is 2.80. The van der Waals surface area contributed by atoms with E-state index < -0.39 is 6.04 Å². The third-order valence-corrected chi connectivity index (χ3v) is 2.92. The minimum Gasteiger partial charge on any atom is -0.497 e. The van der Waals surface area contributed by atoms with Crippen LogP contribution in [0.1, 0.15) is 17.2 Å². The number of nitrogens with two attached hydrogens (primary N) is 1. The Morgan fingerprint density at radius 1 is 1.15 bits per heavy atom.